The number of hydrogen-bond donors (Lipinski definition) is 1. The van der Waals surface area contributed by atoms with Crippen LogP contribution in [-0.2, 0) is 20.9 Å². The molecule has 214 valence electrons. The van der Waals surface area contributed by atoms with Crippen molar-refractivity contribution in [3.63, 3.8) is 0 Å². The molecular formula is C29H46N2O7. The van der Waals surface area contributed by atoms with Gasteiger partial charge in [-0.25, -0.2) is 0 Å². The van der Waals surface area contributed by atoms with Crippen LogP contribution in [0.4, 0.5) is 5.69 Å². The third-order valence-corrected chi connectivity index (χ3v) is 6.27. The molecule has 0 radical (unpaired) electrons. The van der Waals surface area contributed by atoms with E-state index in [1.54, 1.807) is 0 Å². The molecule has 9 heteroatoms. The van der Waals surface area contributed by atoms with Crippen molar-refractivity contribution in [2.75, 3.05) is 20.8 Å². The molecule has 0 unspecified atom stereocenters. The fraction of sp³-hybridized carbons (Fsp3) is 0.655. The number of methoxy groups -OCH3 is 2. The number of rotatable bonds is 22. The van der Waals surface area contributed by atoms with Gasteiger partial charge < -0.3 is 19.5 Å². The minimum atomic E-state index is -0.674. The number of nitro benzene ring substituents is 1. The highest BCUT2D eigenvalue weighted by Gasteiger charge is 2.20. The van der Waals surface area contributed by atoms with Gasteiger partial charge in [-0.05, 0) is 38.2 Å². The van der Waals surface area contributed by atoms with E-state index in [9.17, 15) is 19.7 Å². The van der Waals surface area contributed by atoms with E-state index >= 15 is 0 Å². The van der Waals surface area contributed by atoms with Crippen LogP contribution in [0.1, 0.15) is 102 Å². The molecule has 1 amide bonds. The second kappa shape index (κ2) is 20.9. The van der Waals surface area contributed by atoms with Crippen LogP contribution >= 0.6 is 0 Å². The summed E-state index contributed by atoms with van der Waals surface area (Å²) in [5.41, 5.74) is -0.0794. The first kappa shape index (κ1) is 32.9. The zero-order chi connectivity index (χ0) is 28.0. The minimum absolute atomic E-state index is 0.167. The Hall–Kier alpha value is -3.10. The molecule has 0 aliphatic carbocycles. The molecule has 0 aliphatic rings. The Morgan fingerprint density at radius 2 is 1.42 bits per heavy atom. The molecule has 0 spiro atoms. The summed E-state index contributed by atoms with van der Waals surface area (Å²) in [6.45, 7) is 1.64. The Bertz CT molecular complexity index is 871. The van der Waals surface area contributed by atoms with Crippen LogP contribution in [0.15, 0.2) is 24.3 Å². The molecule has 0 atom stereocenters. The van der Waals surface area contributed by atoms with Gasteiger partial charge in [0, 0.05) is 6.42 Å². The van der Waals surface area contributed by atoms with E-state index in [1.807, 2.05) is 0 Å². The van der Waals surface area contributed by atoms with Crippen LogP contribution in [0.2, 0.25) is 0 Å². The molecular weight excluding hydrogens is 488 g/mol. The van der Waals surface area contributed by atoms with Crippen molar-refractivity contribution in [2.24, 2.45) is 0 Å². The second-order valence-electron chi connectivity index (χ2n) is 9.36. The molecule has 9 nitrogen and oxygen atoms in total. The molecule has 0 aliphatic heterocycles. The average Bonchev–Trinajstić information content (AvgIpc) is 2.92. The van der Waals surface area contributed by atoms with Crippen molar-refractivity contribution >= 4 is 17.6 Å². The van der Waals surface area contributed by atoms with Crippen LogP contribution in [0, 0.1) is 10.1 Å². The van der Waals surface area contributed by atoms with Gasteiger partial charge in [0.2, 0.25) is 5.91 Å². The number of esters is 1. The summed E-state index contributed by atoms with van der Waals surface area (Å²) in [6, 6.07) is 2.62. The molecule has 0 saturated heterocycles. The first-order valence-corrected chi connectivity index (χ1v) is 13.9. The normalized spacial score (nSPS) is 10.9. The highest BCUT2D eigenvalue weighted by molar-refractivity contribution is 5.81. The molecule has 1 rings (SSSR count). The van der Waals surface area contributed by atoms with Gasteiger partial charge in [-0.3, -0.25) is 19.7 Å². The number of amides is 1. The topological polar surface area (TPSA) is 117 Å². The lowest BCUT2D eigenvalue weighted by Gasteiger charge is -2.11. The van der Waals surface area contributed by atoms with Gasteiger partial charge in [-0.2, -0.15) is 0 Å². The van der Waals surface area contributed by atoms with Gasteiger partial charge in [0.15, 0.2) is 11.5 Å². The first-order valence-electron chi connectivity index (χ1n) is 13.9. The van der Waals surface area contributed by atoms with E-state index in [4.69, 9.17) is 14.2 Å². The molecule has 0 fully saturated rings. The number of nitro groups is 1. The summed E-state index contributed by atoms with van der Waals surface area (Å²) in [5.74, 6) is -0.391. The van der Waals surface area contributed by atoms with Crippen LogP contribution < -0.4 is 14.8 Å². The summed E-state index contributed by atoms with van der Waals surface area (Å²) in [6.07, 6.45) is 20.4. The molecule has 1 aromatic carbocycles. The summed E-state index contributed by atoms with van der Waals surface area (Å²) >= 11 is 0. The standard InChI is InChI=1S/C29H46N2O7/c1-4-5-6-7-8-9-10-11-12-13-14-15-16-17-18-19-28(32)30-22-29(33)38-23-24-20-26(36-2)27(37-3)21-25(24)31(34)35/h11-12,20-21H,4-10,13-19,22-23H2,1-3H3,(H,30,32)/b12-11-. The first-order chi connectivity index (χ1) is 18.4. The van der Waals surface area contributed by atoms with E-state index in [2.05, 4.69) is 24.4 Å². The Morgan fingerprint density at radius 3 is 2.00 bits per heavy atom. The molecule has 0 heterocycles. The van der Waals surface area contributed by atoms with Crippen molar-refractivity contribution in [2.45, 2.75) is 103 Å². The number of unbranched alkanes of at least 4 members (excludes halogenated alkanes) is 11. The third-order valence-electron chi connectivity index (χ3n) is 6.27. The van der Waals surface area contributed by atoms with E-state index in [-0.39, 0.29) is 41.8 Å². The van der Waals surface area contributed by atoms with Gasteiger partial charge in [0.1, 0.15) is 13.2 Å². The fourth-order valence-corrected chi connectivity index (χ4v) is 4.02. The monoisotopic (exact) mass is 534 g/mol. The largest absolute Gasteiger partial charge is 0.493 e. The molecule has 0 aromatic heterocycles. The van der Waals surface area contributed by atoms with E-state index in [0.29, 0.717) is 6.42 Å². The highest BCUT2D eigenvalue weighted by Crippen LogP contribution is 2.34. The Morgan fingerprint density at radius 1 is 0.868 bits per heavy atom. The molecule has 1 aromatic rings. The van der Waals surface area contributed by atoms with Crippen LogP contribution in [-0.4, -0.2) is 37.6 Å². The fourth-order valence-electron chi connectivity index (χ4n) is 4.02. The van der Waals surface area contributed by atoms with Gasteiger partial charge >= 0.3 is 5.97 Å². The number of nitrogens with one attached hydrogen (secondary N) is 1. The third kappa shape index (κ3) is 14.6. The SMILES string of the molecule is CCCCCCCC/C=C\CCCCCCCC(=O)NCC(=O)OCc1cc(OC)c(OC)cc1[N+](=O)[O-]. The van der Waals surface area contributed by atoms with Gasteiger partial charge in [-0.1, -0.05) is 70.4 Å². The van der Waals surface area contributed by atoms with E-state index < -0.39 is 10.9 Å². The Kier molecular flexibility index (Phi) is 18.1. The number of carbonyl (C=O) groups is 2. The van der Waals surface area contributed by atoms with Crippen molar-refractivity contribution in [1.82, 2.24) is 5.32 Å². The van der Waals surface area contributed by atoms with Gasteiger partial charge in [-0.15, -0.1) is 0 Å². The zero-order valence-electron chi connectivity index (χ0n) is 23.4. The quantitative estimate of drug-likeness (QED) is 0.0571. The zero-order valence-corrected chi connectivity index (χ0v) is 23.4. The maximum absolute atomic E-state index is 12.0. The lowest BCUT2D eigenvalue weighted by molar-refractivity contribution is -0.385. The number of allylic oxidation sites excluding steroid dienone is 2. The van der Waals surface area contributed by atoms with Gasteiger partial charge in [0.25, 0.3) is 5.69 Å². The lowest BCUT2D eigenvalue weighted by atomic mass is 10.1. The van der Waals surface area contributed by atoms with Crippen LogP contribution in [0.5, 0.6) is 11.5 Å². The van der Waals surface area contributed by atoms with Crippen molar-refractivity contribution < 1.29 is 28.7 Å². The minimum Gasteiger partial charge on any atom is -0.493 e. The van der Waals surface area contributed by atoms with E-state index in [0.717, 1.165) is 32.1 Å². The number of ether oxygens (including phenoxy) is 3. The van der Waals surface area contributed by atoms with Crippen molar-refractivity contribution in [3.05, 3.63) is 40.0 Å². The summed E-state index contributed by atoms with van der Waals surface area (Å²) in [4.78, 5) is 34.8. The van der Waals surface area contributed by atoms with Crippen LogP contribution in [0.3, 0.4) is 0 Å². The summed E-state index contributed by atoms with van der Waals surface area (Å²) in [7, 11) is 2.78. The second-order valence-corrected chi connectivity index (χ2v) is 9.36. The molecule has 1 N–H and O–H groups in total. The average molecular weight is 535 g/mol. The molecule has 38 heavy (non-hydrogen) atoms. The van der Waals surface area contributed by atoms with Crippen LogP contribution in [0.25, 0.3) is 0 Å². The number of hydrogen-bond acceptors (Lipinski definition) is 7. The molecule has 0 saturated carbocycles. The predicted molar refractivity (Wildman–Crippen MR) is 148 cm³/mol. The maximum atomic E-state index is 12.0. The number of nitrogens with zero attached hydrogens (tertiary/aromatic N) is 1. The van der Waals surface area contributed by atoms with Gasteiger partial charge in [0.05, 0.1) is 30.8 Å². The number of carbonyl (C=O) groups excluding carboxylic acids is 2. The summed E-state index contributed by atoms with van der Waals surface area (Å²) in [5, 5.41) is 13.9. The Balaban J connectivity index is 2.13. The van der Waals surface area contributed by atoms with Crippen molar-refractivity contribution in [3.8, 4) is 11.5 Å². The van der Waals surface area contributed by atoms with Crippen molar-refractivity contribution in [1.29, 1.82) is 0 Å². The smallest absolute Gasteiger partial charge is 0.325 e. The molecule has 0 bridgehead atoms. The maximum Gasteiger partial charge on any atom is 0.325 e. The van der Waals surface area contributed by atoms with E-state index in [1.165, 1.54) is 77.7 Å². The Labute approximate surface area is 227 Å². The predicted octanol–water partition coefficient (Wildman–Crippen LogP) is 6.81. The number of benzene rings is 1. The lowest BCUT2D eigenvalue weighted by Crippen LogP contribution is -2.30. The summed E-state index contributed by atoms with van der Waals surface area (Å²) < 4.78 is 15.3. The highest BCUT2D eigenvalue weighted by atomic mass is 16.6.